The van der Waals surface area contributed by atoms with E-state index in [0.29, 0.717) is 0 Å². The second kappa shape index (κ2) is 3.46. The lowest BCUT2D eigenvalue weighted by Gasteiger charge is -2.16. The van der Waals surface area contributed by atoms with E-state index < -0.39 is 37.0 Å². The SMILES string of the molecule is O=C1[C@@H](O)[C@@H]([C@H](O)CO)O[C@@H]1O. The highest BCUT2D eigenvalue weighted by molar-refractivity contribution is 5.88. The molecule has 0 aliphatic carbocycles. The molecule has 12 heavy (non-hydrogen) atoms. The van der Waals surface area contributed by atoms with Gasteiger partial charge < -0.3 is 25.2 Å². The number of Topliss-reactive ketones (excluding diaryl/α,β-unsaturated/α-hetero) is 1. The molecule has 0 bridgehead atoms. The molecule has 0 aromatic heterocycles. The molecule has 4 N–H and O–H groups in total. The largest absolute Gasteiger partial charge is 0.394 e. The van der Waals surface area contributed by atoms with Crippen LogP contribution in [0.1, 0.15) is 0 Å². The van der Waals surface area contributed by atoms with E-state index in [4.69, 9.17) is 20.4 Å². The summed E-state index contributed by atoms with van der Waals surface area (Å²) in [7, 11) is 0. The van der Waals surface area contributed by atoms with Crippen LogP contribution >= 0.6 is 0 Å². The van der Waals surface area contributed by atoms with E-state index in [-0.39, 0.29) is 0 Å². The number of carbonyl (C=O) groups is 1. The first-order valence-corrected chi connectivity index (χ1v) is 3.42. The molecular weight excluding hydrogens is 168 g/mol. The van der Waals surface area contributed by atoms with Gasteiger partial charge >= 0.3 is 0 Å². The third-order valence-electron chi connectivity index (χ3n) is 1.70. The van der Waals surface area contributed by atoms with Crippen LogP contribution in [0.2, 0.25) is 0 Å². The molecule has 0 amide bonds. The van der Waals surface area contributed by atoms with Crippen LogP contribution in [-0.4, -0.2) is 57.4 Å². The van der Waals surface area contributed by atoms with Crippen molar-refractivity contribution in [3.05, 3.63) is 0 Å². The number of carbonyl (C=O) groups excluding carboxylic acids is 1. The molecule has 1 saturated heterocycles. The van der Waals surface area contributed by atoms with E-state index in [1.54, 1.807) is 0 Å². The Kier molecular flexibility index (Phi) is 2.76. The van der Waals surface area contributed by atoms with Gasteiger partial charge in [0.15, 0.2) is 0 Å². The summed E-state index contributed by atoms with van der Waals surface area (Å²) >= 11 is 0. The van der Waals surface area contributed by atoms with Gasteiger partial charge in [-0.25, -0.2) is 0 Å². The van der Waals surface area contributed by atoms with Gasteiger partial charge in [0.25, 0.3) is 0 Å². The summed E-state index contributed by atoms with van der Waals surface area (Å²) in [6.07, 6.45) is -5.87. The van der Waals surface area contributed by atoms with Crippen molar-refractivity contribution in [2.75, 3.05) is 6.61 Å². The van der Waals surface area contributed by atoms with Crippen molar-refractivity contribution in [3.63, 3.8) is 0 Å². The van der Waals surface area contributed by atoms with Crippen LogP contribution in [0.5, 0.6) is 0 Å². The number of hydrogen-bond donors (Lipinski definition) is 4. The van der Waals surface area contributed by atoms with Gasteiger partial charge in [0.1, 0.15) is 18.3 Å². The van der Waals surface area contributed by atoms with Crippen LogP contribution in [-0.2, 0) is 9.53 Å². The number of aliphatic hydroxyl groups is 4. The third-order valence-corrected chi connectivity index (χ3v) is 1.70. The van der Waals surface area contributed by atoms with E-state index >= 15 is 0 Å². The molecule has 6 heteroatoms. The first-order chi connectivity index (χ1) is 5.57. The van der Waals surface area contributed by atoms with Crippen LogP contribution in [0, 0.1) is 0 Å². The zero-order valence-electron chi connectivity index (χ0n) is 6.12. The van der Waals surface area contributed by atoms with Crippen LogP contribution in [0.15, 0.2) is 0 Å². The van der Waals surface area contributed by atoms with Gasteiger partial charge in [-0.2, -0.15) is 0 Å². The molecule has 1 heterocycles. The van der Waals surface area contributed by atoms with E-state index in [1.165, 1.54) is 0 Å². The van der Waals surface area contributed by atoms with Gasteiger partial charge in [-0.15, -0.1) is 0 Å². The Balaban J connectivity index is 2.64. The van der Waals surface area contributed by atoms with Gasteiger partial charge in [-0.1, -0.05) is 0 Å². The molecule has 0 radical (unpaired) electrons. The number of ketones is 1. The standard InChI is InChI=1S/C6H10O6/c7-1-2(8)5-3(9)4(10)6(11)12-5/h2-3,5-9,11H,1H2/t2-,3-,5-,6+/m1/s1. The van der Waals surface area contributed by atoms with Crippen LogP contribution in [0.4, 0.5) is 0 Å². The zero-order valence-corrected chi connectivity index (χ0v) is 6.12. The quantitative estimate of drug-likeness (QED) is 0.358. The summed E-state index contributed by atoms with van der Waals surface area (Å²) in [6, 6.07) is 0. The molecule has 1 rings (SSSR count). The molecule has 1 aliphatic rings. The van der Waals surface area contributed by atoms with Crippen LogP contribution in [0.3, 0.4) is 0 Å². The van der Waals surface area contributed by atoms with E-state index in [2.05, 4.69) is 4.74 Å². The van der Waals surface area contributed by atoms with Gasteiger partial charge in [0.2, 0.25) is 12.1 Å². The summed E-state index contributed by atoms with van der Waals surface area (Å²) < 4.78 is 4.48. The Bertz CT molecular complexity index is 181. The summed E-state index contributed by atoms with van der Waals surface area (Å²) in [4.78, 5) is 10.7. The fraction of sp³-hybridized carbons (Fsp3) is 0.833. The van der Waals surface area contributed by atoms with Crippen molar-refractivity contribution in [2.45, 2.75) is 24.6 Å². The fourth-order valence-corrected chi connectivity index (χ4v) is 1.00. The Hall–Kier alpha value is -0.530. The average Bonchev–Trinajstić information content (AvgIpc) is 2.32. The number of hydrogen-bond acceptors (Lipinski definition) is 6. The predicted octanol–water partition coefficient (Wildman–Crippen LogP) is -3.01. The van der Waals surface area contributed by atoms with Crippen molar-refractivity contribution in [3.8, 4) is 0 Å². The maximum Gasteiger partial charge on any atom is 0.219 e. The minimum absolute atomic E-state index is 0.637. The third kappa shape index (κ3) is 1.47. The molecule has 4 atom stereocenters. The Labute approximate surface area is 68.0 Å². The highest BCUT2D eigenvalue weighted by atomic mass is 16.6. The molecule has 0 aromatic carbocycles. The Morgan fingerprint density at radius 2 is 2.08 bits per heavy atom. The maximum absolute atomic E-state index is 10.7. The number of rotatable bonds is 2. The molecule has 0 spiro atoms. The van der Waals surface area contributed by atoms with Crippen molar-refractivity contribution in [1.82, 2.24) is 0 Å². The first-order valence-electron chi connectivity index (χ1n) is 3.42. The molecule has 70 valence electrons. The maximum atomic E-state index is 10.7. The molecular formula is C6H10O6. The highest BCUT2D eigenvalue weighted by Gasteiger charge is 2.44. The molecule has 0 unspecified atom stereocenters. The summed E-state index contributed by atoms with van der Waals surface area (Å²) in [5, 5.41) is 35.2. The van der Waals surface area contributed by atoms with Gasteiger partial charge in [0.05, 0.1) is 6.61 Å². The number of aliphatic hydroxyl groups excluding tert-OH is 4. The summed E-state index contributed by atoms with van der Waals surface area (Å²) in [5.41, 5.74) is 0. The first kappa shape index (κ1) is 9.56. The summed E-state index contributed by atoms with van der Waals surface area (Å²) in [6.45, 7) is -0.637. The molecule has 0 saturated carbocycles. The molecule has 6 nitrogen and oxygen atoms in total. The predicted molar refractivity (Wildman–Crippen MR) is 35.0 cm³/mol. The number of ether oxygens (including phenoxy) is 1. The normalized spacial score (nSPS) is 38.7. The van der Waals surface area contributed by atoms with Crippen molar-refractivity contribution < 1.29 is 30.0 Å². The van der Waals surface area contributed by atoms with Crippen molar-refractivity contribution in [2.24, 2.45) is 0 Å². The highest BCUT2D eigenvalue weighted by Crippen LogP contribution is 2.18. The van der Waals surface area contributed by atoms with E-state index in [1.807, 2.05) is 0 Å². The van der Waals surface area contributed by atoms with E-state index in [0.717, 1.165) is 0 Å². The minimum atomic E-state index is -1.70. The van der Waals surface area contributed by atoms with Gasteiger partial charge in [0, 0.05) is 0 Å². The molecule has 0 aromatic rings. The minimum Gasteiger partial charge on any atom is -0.394 e. The lowest BCUT2D eigenvalue weighted by atomic mass is 10.1. The topological polar surface area (TPSA) is 107 Å². The second-order valence-electron chi connectivity index (χ2n) is 2.55. The smallest absolute Gasteiger partial charge is 0.219 e. The average molecular weight is 178 g/mol. The monoisotopic (exact) mass is 178 g/mol. The van der Waals surface area contributed by atoms with Crippen molar-refractivity contribution in [1.29, 1.82) is 0 Å². The molecule has 1 aliphatic heterocycles. The molecule has 1 fully saturated rings. The zero-order chi connectivity index (χ0) is 9.30. The second-order valence-corrected chi connectivity index (χ2v) is 2.55. The Morgan fingerprint density at radius 1 is 1.50 bits per heavy atom. The lowest BCUT2D eigenvalue weighted by molar-refractivity contribution is -0.151. The van der Waals surface area contributed by atoms with Gasteiger partial charge in [-0.05, 0) is 0 Å². The van der Waals surface area contributed by atoms with Crippen LogP contribution < -0.4 is 0 Å². The summed E-state index contributed by atoms with van der Waals surface area (Å²) in [5.74, 6) is -0.896. The Morgan fingerprint density at radius 3 is 2.42 bits per heavy atom. The van der Waals surface area contributed by atoms with Crippen molar-refractivity contribution >= 4 is 5.78 Å². The van der Waals surface area contributed by atoms with Gasteiger partial charge in [-0.3, -0.25) is 4.79 Å². The van der Waals surface area contributed by atoms with Crippen LogP contribution in [0.25, 0.3) is 0 Å². The fourth-order valence-electron chi connectivity index (χ4n) is 1.00. The van der Waals surface area contributed by atoms with E-state index in [9.17, 15) is 4.79 Å². The lowest BCUT2D eigenvalue weighted by Crippen LogP contribution is -2.38.